The lowest BCUT2D eigenvalue weighted by molar-refractivity contribution is -0.137. The van der Waals surface area contributed by atoms with Crippen molar-refractivity contribution in [1.29, 1.82) is 0 Å². The van der Waals surface area contributed by atoms with Gasteiger partial charge < -0.3 is 10.8 Å². The predicted octanol–water partition coefficient (Wildman–Crippen LogP) is -0.109. The zero-order chi connectivity index (χ0) is 7.56. The van der Waals surface area contributed by atoms with Crippen LogP contribution in [0.4, 0.5) is 0 Å². The topological polar surface area (TPSA) is 75.7 Å². The first-order valence-electron chi connectivity index (χ1n) is 2.86. The van der Waals surface area contributed by atoms with Gasteiger partial charge in [-0.1, -0.05) is 11.8 Å². The van der Waals surface area contributed by atoms with Crippen LogP contribution in [-0.4, -0.2) is 28.0 Å². The van der Waals surface area contributed by atoms with E-state index >= 15 is 0 Å². The third-order valence-electron chi connectivity index (χ3n) is 1.14. The Morgan fingerprint density at radius 2 is 2.70 bits per heavy atom. The summed E-state index contributed by atoms with van der Waals surface area (Å²) in [4.78, 5) is 14.0. The fourth-order valence-corrected chi connectivity index (χ4v) is 1.52. The molecular formula is C5H8N2O2S. The third-order valence-corrected chi connectivity index (χ3v) is 2.10. The van der Waals surface area contributed by atoms with E-state index in [1.165, 1.54) is 11.8 Å². The molecule has 1 aliphatic heterocycles. The number of carbonyl (C=O) groups is 1. The first-order valence-corrected chi connectivity index (χ1v) is 3.85. The first kappa shape index (κ1) is 7.40. The highest BCUT2D eigenvalue weighted by Crippen LogP contribution is 2.16. The van der Waals surface area contributed by atoms with Crippen LogP contribution in [0.15, 0.2) is 4.99 Å². The highest BCUT2D eigenvalue weighted by Gasteiger charge is 2.18. The molecule has 1 aliphatic rings. The van der Waals surface area contributed by atoms with Crippen molar-refractivity contribution in [3.05, 3.63) is 0 Å². The van der Waals surface area contributed by atoms with Gasteiger partial charge in [-0.2, -0.15) is 0 Å². The molecule has 4 nitrogen and oxygen atoms in total. The number of nitrogens with two attached hydrogens (primary N) is 1. The molecule has 1 atom stereocenters. The zero-order valence-electron chi connectivity index (χ0n) is 5.28. The Morgan fingerprint density at radius 3 is 3.10 bits per heavy atom. The summed E-state index contributed by atoms with van der Waals surface area (Å²) in [6, 6.07) is -0.109. The highest BCUT2D eigenvalue weighted by atomic mass is 32.2. The van der Waals surface area contributed by atoms with E-state index in [4.69, 9.17) is 10.8 Å². The molecule has 0 radical (unpaired) electrons. The minimum absolute atomic E-state index is 0.0910. The molecule has 3 N–H and O–H groups in total. The Bertz CT molecular complexity index is 180. The van der Waals surface area contributed by atoms with Gasteiger partial charge in [0, 0.05) is 5.75 Å². The van der Waals surface area contributed by atoms with Gasteiger partial charge in [-0.3, -0.25) is 9.79 Å². The highest BCUT2D eigenvalue weighted by molar-refractivity contribution is 8.14. The van der Waals surface area contributed by atoms with E-state index in [1.807, 2.05) is 0 Å². The molecule has 10 heavy (non-hydrogen) atoms. The van der Waals surface area contributed by atoms with Crippen LogP contribution in [0.5, 0.6) is 0 Å². The number of carboxylic acid groups (broad SMARTS) is 1. The molecule has 1 rings (SSSR count). The Hall–Kier alpha value is -0.710. The summed E-state index contributed by atoms with van der Waals surface area (Å²) < 4.78 is 0. The van der Waals surface area contributed by atoms with E-state index in [9.17, 15) is 4.79 Å². The second-order valence-electron chi connectivity index (χ2n) is 2.03. The number of rotatable bonds is 2. The molecular weight excluding hydrogens is 152 g/mol. The lowest BCUT2D eigenvalue weighted by Crippen LogP contribution is -2.10. The number of nitrogens with zero attached hydrogens (tertiary/aromatic N) is 1. The molecule has 0 aliphatic carbocycles. The van der Waals surface area contributed by atoms with Crippen LogP contribution in [0, 0.1) is 0 Å². The van der Waals surface area contributed by atoms with Crippen molar-refractivity contribution >= 4 is 22.9 Å². The van der Waals surface area contributed by atoms with Crippen molar-refractivity contribution in [3.8, 4) is 0 Å². The quantitative estimate of drug-likeness (QED) is 0.591. The first-order chi connectivity index (χ1) is 4.68. The van der Waals surface area contributed by atoms with E-state index in [-0.39, 0.29) is 12.5 Å². The predicted molar refractivity (Wildman–Crippen MR) is 40.1 cm³/mol. The molecule has 0 fully saturated rings. The van der Waals surface area contributed by atoms with Gasteiger partial charge in [-0.25, -0.2) is 0 Å². The van der Waals surface area contributed by atoms with Gasteiger partial charge in [-0.15, -0.1) is 0 Å². The maximum absolute atomic E-state index is 10.1. The van der Waals surface area contributed by atoms with E-state index in [1.54, 1.807) is 0 Å². The van der Waals surface area contributed by atoms with Crippen molar-refractivity contribution in [2.75, 3.05) is 5.75 Å². The maximum Gasteiger partial charge on any atom is 0.305 e. The maximum atomic E-state index is 10.1. The smallest absolute Gasteiger partial charge is 0.305 e. The fourth-order valence-electron chi connectivity index (χ4n) is 0.742. The molecule has 0 amide bonds. The number of carboxylic acids is 1. The van der Waals surface area contributed by atoms with Gasteiger partial charge >= 0.3 is 5.97 Å². The summed E-state index contributed by atoms with van der Waals surface area (Å²) >= 11 is 1.41. The zero-order valence-corrected chi connectivity index (χ0v) is 6.10. The molecule has 0 saturated heterocycles. The molecule has 0 spiro atoms. The summed E-state index contributed by atoms with van der Waals surface area (Å²) in [5.41, 5.74) is 5.32. The standard InChI is InChI=1S/C5H8N2O2S/c6-5-7-3(2-10-5)1-4(8)9/h3H,1-2H2,(H2,6,7)(H,8,9)/t3-/m1/s1. The third kappa shape index (κ3) is 1.91. The summed E-state index contributed by atoms with van der Waals surface area (Å²) in [6.07, 6.45) is 0.0910. The molecule has 0 aromatic rings. The lowest BCUT2D eigenvalue weighted by Gasteiger charge is -1.97. The number of aliphatic carboxylic acids is 1. The van der Waals surface area contributed by atoms with Crippen molar-refractivity contribution in [2.45, 2.75) is 12.5 Å². The molecule has 0 unspecified atom stereocenters. The Balaban J connectivity index is 2.38. The van der Waals surface area contributed by atoms with Crippen molar-refractivity contribution < 1.29 is 9.90 Å². The number of aliphatic imine (C=N–C) groups is 1. The van der Waals surface area contributed by atoms with Gasteiger partial charge in [0.2, 0.25) is 0 Å². The Labute approximate surface area is 62.5 Å². The van der Waals surface area contributed by atoms with Crippen LogP contribution in [0.25, 0.3) is 0 Å². The van der Waals surface area contributed by atoms with Gasteiger partial charge in [-0.05, 0) is 0 Å². The van der Waals surface area contributed by atoms with Crippen LogP contribution in [0.2, 0.25) is 0 Å². The Kier molecular flexibility index (Phi) is 2.16. The SMILES string of the molecule is NC1=N[C@H](CC(=O)O)CS1. The average molecular weight is 160 g/mol. The van der Waals surface area contributed by atoms with Gasteiger partial charge in [0.25, 0.3) is 0 Å². The summed E-state index contributed by atoms with van der Waals surface area (Å²) in [6.45, 7) is 0. The fraction of sp³-hybridized carbons (Fsp3) is 0.600. The lowest BCUT2D eigenvalue weighted by atomic mass is 10.2. The van der Waals surface area contributed by atoms with Gasteiger partial charge in [0.1, 0.15) is 0 Å². The average Bonchev–Trinajstić information content (AvgIpc) is 2.13. The summed E-state index contributed by atoms with van der Waals surface area (Å²) in [7, 11) is 0. The summed E-state index contributed by atoms with van der Waals surface area (Å²) in [5.74, 6) is -0.109. The van der Waals surface area contributed by atoms with Crippen molar-refractivity contribution in [1.82, 2.24) is 0 Å². The number of hydrogen-bond donors (Lipinski definition) is 2. The number of hydrogen-bond acceptors (Lipinski definition) is 4. The van der Waals surface area contributed by atoms with E-state index in [0.29, 0.717) is 10.9 Å². The molecule has 0 aromatic heterocycles. The largest absolute Gasteiger partial charge is 0.481 e. The van der Waals surface area contributed by atoms with Crippen LogP contribution in [-0.2, 0) is 4.79 Å². The van der Waals surface area contributed by atoms with Gasteiger partial charge in [0.15, 0.2) is 5.17 Å². The van der Waals surface area contributed by atoms with Crippen molar-refractivity contribution in [3.63, 3.8) is 0 Å². The molecule has 0 bridgehead atoms. The number of amidine groups is 1. The molecule has 0 saturated carbocycles. The second-order valence-corrected chi connectivity index (χ2v) is 3.07. The van der Waals surface area contributed by atoms with E-state index < -0.39 is 5.97 Å². The van der Waals surface area contributed by atoms with Crippen LogP contribution < -0.4 is 5.73 Å². The van der Waals surface area contributed by atoms with E-state index in [0.717, 1.165) is 0 Å². The normalized spacial score (nSPS) is 24.4. The minimum Gasteiger partial charge on any atom is -0.481 e. The molecule has 56 valence electrons. The minimum atomic E-state index is -0.816. The number of thioether (sulfide) groups is 1. The summed E-state index contributed by atoms with van der Waals surface area (Å²) in [5, 5.41) is 8.85. The van der Waals surface area contributed by atoms with Crippen LogP contribution in [0.3, 0.4) is 0 Å². The van der Waals surface area contributed by atoms with Crippen LogP contribution in [0.1, 0.15) is 6.42 Å². The molecule has 1 heterocycles. The van der Waals surface area contributed by atoms with E-state index in [2.05, 4.69) is 4.99 Å². The van der Waals surface area contributed by atoms with Crippen molar-refractivity contribution in [2.24, 2.45) is 10.7 Å². The molecule has 0 aromatic carbocycles. The second kappa shape index (κ2) is 2.92. The van der Waals surface area contributed by atoms with Gasteiger partial charge in [0.05, 0.1) is 12.5 Å². The Morgan fingerprint density at radius 1 is 2.00 bits per heavy atom. The van der Waals surface area contributed by atoms with Crippen LogP contribution >= 0.6 is 11.8 Å². The monoisotopic (exact) mass is 160 g/mol. The molecule has 5 heteroatoms.